The van der Waals surface area contributed by atoms with Gasteiger partial charge in [-0.15, -0.1) is 11.3 Å². The molecule has 0 atom stereocenters. The number of aryl methyl sites for hydroxylation is 1. The first-order valence-corrected chi connectivity index (χ1v) is 7.42. The topological polar surface area (TPSA) is 49.9 Å². The molecule has 6 heteroatoms. The van der Waals surface area contributed by atoms with Gasteiger partial charge in [-0.2, -0.15) is 0 Å². The van der Waals surface area contributed by atoms with Gasteiger partial charge in [-0.3, -0.25) is 9.69 Å². The van der Waals surface area contributed by atoms with Crippen LogP contribution in [0.1, 0.15) is 25.6 Å². The van der Waals surface area contributed by atoms with Gasteiger partial charge in [-0.1, -0.05) is 0 Å². The van der Waals surface area contributed by atoms with Crippen molar-refractivity contribution in [2.24, 2.45) is 0 Å². The van der Waals surface area contributed by atoms with E-state index in [4.69, 9.17) is 4.74 Å². The van der Waals surface area contributed by atoms with E-state index in [2.05, 4.69) is 0 Å². The molecule has 0 bridgehead atoms. The highest BCUT2D eigenvalue weighted by atomic mass is 32.1. The van der Waals surface area contributed by atoms with E-state index >= 15 is 0 Å². The number of rotatable bonds is 1. The van der Waals surface area contributed by atoms with E-state index in [0.717, 1.165) is 5.00 Å². The highest BCUT2D eigenvalue weighted by Crippen LogP contribution is 2.27. The van der Waals surface area contributed by atoms with Crippen molar-refractivity contribution in [2.75, 3.05) is 24.5 Å². The third-order valence-electron chi connectivity index (χ3n) is 2.86. The zero-order valence-electron chi connectivity index (χ0n) is 12.3. The number of thiophene rings is 1. The van der Waals surface area contributed by atoms with Crippen molar-refractivity contribution >= 4 is 28.3 Å². The Kier molecular flexibility index (Phi) is 4.04. The van der Waals surface area contributed by atoms with Gasteiger partial charge in [-0.05, 0) is 39.8 Å². The van der Waals surface area contributed by atoms with Crippen LogP contribution < -0.4 is 4.90 Å². The van der Waals surface area contributed by atoms with Crippen LogP contribution in [0, 0.1) is 6.92 Å². The minimum absolute atomic E-state index is 0.0658. The van der Waals surface area contributed by atoms with Crippen LogP contribution >= 0.6 is 11.3 Å². The molecular formula is C14H20N2O3S. The van der Waals surface area contributed by atoms with E-state index in [0.29, 0.717) is 13.1 Å². The van der Waals surface area contributed by atoms with Crippen molar-refractivity contribution < 1.29 is 14.3 Å². The Morgan fingerprint density at radius 3 is 2.50 bits per heavy atom. The SMILES string of the molecule is Cc1ccc(N2CCN(C(=O)OC(C)(C)C)CC2=O)s1. The van der Waals surface area contributed by atoms with Crippen molar-refractivity contribution in [2.45, 2.75) is 33.3 Å². The standard InChI is InChI=1S/C14H20N2O3S/c1-10-5-6-12(20-10)16-8-7-15(9-11(16)17)13(18)19-14(2,3)4/h5-6H,7-9H2,1-4H3. The summed E-state index contributed by atoms with van der Waals surface area (Å²) < 4.78 is 5.29. The maximum absolute atomic E-state index is 12.2. The highest BCUT2D eigenvalue weighted by Gasteiger charge is 2.31. The summed E-state index contributed by atoms with van der Waals surface area (Å²) in [6.45, 7) is 8.54. The van der Waals surface area contributed by atoms with Crippen molar-refractivity contribution in [3.63, 3.8) is 0 Å². The molecule has 0 radical (unpaired) electrons. The molecule has 20 heavy (non-hydrogen) atoms. The number of carbonyl (C=O) groups is 2. The van der Waals surface area contributed by atoms with Gasteiger partial charge in [0.1, 0.15) is 12.1 Å². The summed E-state index contributed by atoms with van der Waals surface area (Å²) in [6, 6.07) is 3.94. The largest absolute Gasteiger partial charge is 0.444 e. The molecule has 0 spiro atoms. The summed E-state index contributed by atoms with van der Waals surface area (Å²) in [7, 11) is 0. The Bertz CT molecular complexity index is 519. The number of piperazine rings is 1. The smallest absolute Gasteiger partial charge is 0.410 e. The third-order valence-corrected chi connectivity index (χ3v) is 3.89. The molecule has 1 aliphatic heterocycles. The Morgan fingerprint density at radius 1 is 1.30 bits per heavy atom. The predicted octanol–water partition coefficient (Wildman–Crippen LogP) is 2.64. The summed E-state index contributed by atoms with van der Waals surface area (Å²) >= 11 is 1.59. The monoisotopic (exact) mass is 296 g/mol. The van der Waals surface area contributed by atoms with E-state index in [1.54, 1.807) is 16.2 Å². The van der Waals surface area contributed by atoms with Crippen LogP contribution in [-0.2, 0) is 9.53 Å². The maximum Gasteiger partial charge on any atom is 0.410 e. The molecule has 0 N–H and O–H groups in total. The van der Waals surface area contributed by atoms with E-state index in [9.17, 15) is 9.59 Å². The van der Waals surface area contributed by atoms with Crippen LogP contribution in [0.3, 0.4) is 0 Å². The highest BCUT2D eigenvalue weighted by molar-refractivity contribution is 7.16. The molecule has 1 fully saturated rings. The number of amides is 2. The van der Waals surface area contributed by atoms with Crippen molar-refractivity contribution in [1.82, 2.24) is 4.90 Å². The van der Waals surface area contributed by atoms with Crippen LogP contribution in [0.25, 0.3) is 0 Å². The van der Waals surface area contributed by atoms with Crippen molar-refractivity contribution in [3.8, 4) is 0 Å². The summed E-state index contributed by atoms with van der Waals surface area (Å²) in [6.07, 6.45) is -0.423. The molecule has 0 unspecified atom stereocenters. The van der Waals surface area contributed by atoms with Gasteiger partial charge >= 0.3 is 6.09 Å². The Balaban J connectivity index is 1.99. The molecule has 0 aliphatic carbocycles. The lowest BCUT2D eigenvalue weighted by molar-refractivity contribution is -0.121. The Hall–Kier alpha value is -1.56. The fraction of sp³-hybridized carbons (Fsp3) is 0.571. The van der Waals surface area contributed by atoms with E-state index in [1.807, 2.05) is 39.8 Å². The summed E-state index contributed by atoms with van der Waals surface area (Å²) in [5.74, 6) is -0.0658. The fourth-order valence-corrected chi connectivity index (χ4v) is 2.86. The maximum atomic E-state index is 12.2. The average molecular weight is 296 g/mol. The summed E-state index contributed by atoms with van der Waals surface area (Å²) in [4.78, 5) is 28.5. The summed E-state index contributed by atoms with van der Waals surface area (Å²) in [5, 5.41) is 0.941. The number of ether oxygens (including phenoxy) is 1. The number of nitrogens with zero attached hydrogens (tertiary/aromatic N) is 2. The number of hydrogen-bond donors (Lipinski definition) is 0. The molecule has 2 heterocycles. The molecule has 2 rings (SSSR count). The quantitative estimate of drug-likeness (QED) is 0.800. The van der Waals surface area contributed by atoms with Gasteiger partial charge in [0.15, 0.2) is 0 Å². The number of carbonyl (C=O) groups excluding carboxylic acids is 2. The first-order valence-electron chi connectivity index (χ1n) is 6.61. The van der Waals surface area contributed by atoms with Crippen molar-refractivity contribution in [3.05, 3.63) is 17.0 Å². The normalized spacial score (nSPS) is 16.5. The van der Waals surface area contributed by atoms with Crippen molar-refractivity contribution in [1.29, 1.82) is 0 Å². The lowest BCUT2D eigenvalue weighted by Crippen LogP contribution is -2.53. The molecule has 2 amide bonds. The van der Waals surface area contributed by atoms with Gasteiger partial charge in [0.05, 0.1) is 5.00 Å². The van der Waals surface area contributed by atoms with Gasteiger partial charge in [0, 0.05) is 18.0 Å². The fourth-order valence-electron chi connectivity index (χ4n) is 1.96. The van der Waals surface area contributed by atoms with Gasteiger partial charge in [0.25, 0.3) is 0 Å². The molecule has 1 aromatic rings. The Morgan fingerprint density at radius 2 is 2.00 bits per heavy atom. The van der Waals surface area contributed by atoms with Gasteiger partial charge in [-0.25, -0.2) is 4.79 Å². The van der Waals surface area contributed by atoms with Crippen LogP contribution in [-0.4, -0.2) is 42.1 Å². The van der Waals surface area contributed by atoms with Crippen LogP contribution in [0.5, 0.6) is 0 Å². The second-order valence-corrected chi connectivity index (χ2v) is 7.10. The lowest BCUT2D eigenvalue weighted by Gasteiger charge is -2.34. The average Bonchev–Trinajstić information content (AvgIpc) is 2.73. The van der Waals surface area contributed by atoms with Crippen LogP contribution in [0.4, 0.5) is 9.80 Å². The molecule has 1 saturated heterocycles. The second-order valence-electron chi connectivity index (χ2n) is 5.83. The van der Waals surface area contributed by atoms with Gasteiger partial charge < -0.3 is 9.64 Å². The first-order chi connectivity index (χ1) is 9.26. The zero-order valence-corrected chi connectivity index (χ0v) is 13.1. The minimum Gasteiger partial charge on any atom is -0.444 e. The number of hydrogen-bond acceptors (Lipinski definition) is 4. The Labute approximate surface area is 123 Å². The first kappa shape index (κ1) is 14.8. The zero-order chi connectivity index (χ0) is 14.9. The molecule has 0 saturated carbocycles. The van der Waals surface area contributed by atoms with Crippen LogP contribution in [0.2, 0.25) is 0 Å². The van der Waals surface area contributed by atoms with E-state index in [-0.39, 0.29) is 12.5 Å². The van der Waals surface area contributed by atoms with Gasteiger partial charge in [0.2, 0.25) is 5.91 Å². The second kappa shape index (κ2) is 5.44. The van der Waals surface area contributed by atoms with E-state index in [1.165, 1.54) is 9.78 Å². The molecule has 1 aromatic heterocycles. The molecule has 1 aliphatic rings. The van der Waals surface area contributed by atoms with Crippen LogP contribution in [0.15, 0.2) is 12.1 Å². The predicted molar refractivity (Wildman–Crippen MR) is 79.2 cm³/mol. The summed E-state index contributed by atoms with van der Waals surface area (Å²) in [5.41, 5.74) is -0.540. The minimum atomic E-state index is -0.540. The molecule has 5 nitrogen and oxygen atoms in total. The third kappa shape index (κ3) is 3.50. The molecule has 110 valence electrons. The lowest BCUT2D eigenvalue weighted by atomic mass is 10.2. The van der Waals surface area contributed by atoms with E-state index < -0.39 is 11.7 Å². The molecule has 0 aromatic carbocycles. The molecular weight excluding hydrogens is 276 g/mol. The number of anilines is 1.